The van der Waals surface area contributed by atoms with Crippen molar-refractivity contribution in [3.05, 3.63) is 98.3 Å². The van der Waals surface area contributed by atoms with E-state index in [2.05, 4.69) is 15.9 Å². The highest BCUT2D eigenvalue weighted by Gasteiger charge is 2.33. The summed E-state index contributed by atoms with van der Waals surface area (Å²) < 4.78 is 7.19. The van der Waals surface area contributed by atoms with Crippen LogP contribution in [0.2, 0.25) is 5.02 Å². The topological polar surface area (TPSA) is 29.5 Å². The molecule has 0 N–H and O–H groups in total. The Bertz CT molecular complexity index is 1150. The number of benzene rings is 3. The quantitative estimate of drug-likeness (QED) is 0.267. The van der Waals surface area contributed by atoms with Crippen molar-refractivity contribution in [1.29, 1.82) is 0 Å². The lowest BCUT2D eigenvalue weighted by atomic mass is 10.2. The molecule has 1 aliphatic rings. The molecule has 1 heterocycles. The number of thiocarbonyl (C=S) groups is 1. The zero-order valence-corrected chi connectivity index (χ0v) is 19.5. The first-order chi connectivity index (χ1) is 14.5. The number of hydrogen-bond donors (Lipinski definition) is 0. The first kappa shape index (κ1) is 21.1. The van der Waals surface area contributed by atoms with Crippen molar-refractivity contribution in [1.82, 2.24) is 0 Å². The number of hydrogen-bond acceptors (Lipinski definition) is 4. The van der Waals surface area contributed by atoms with Crippen molar-refractivity contribution in [3.8, 4) is 5.75 Å². The highest BCUT2D eigenvalue weighted by atomic mass is 79.9. The van der Waals surface area contributed by atoms with Gasteiger partial charge in [-0.05, 0) is 63.5 Å². The van der Waals surface area contributed by atoms with Gasteiger partial charge in [0.2, 0.25) is 0 Å². The summed E-state index contributed by atoms with van der Waals surface area (Å²) in [5.74, 6) is 0.579. The molecule has 0 radical (unpaired) electrons. The Kier molecular flexibility index (Phi) is 6.58. The second-order valence-corrected chi connectivity index (χ2v) is 9.43. The van der Waals surface area contributed by atoms with E-state index in [0.29, 0.717) is 26.5 Å². The molecule has 0 unspecified atom stereocenters. The smallest absolute Gasteiger partial charge is 0.270 e. The Balaban J connectivity index is 1.51. The molecule has 3 nitrogen and oxygen atoms in total. The van der Waals surface area contributed by atoms with Gasteiger partial charge in [-0.3, -0.25) is 9.69 Å². The summed E-state index contributed by atoms with van der Waals surface area (Å²) in [6, 6.07) is 22.8. The average Bonchev–Trinajstić information content (AvgIpc) is 3.01. The largest absolute Gasteiger partial charge is 0.488 e. The summed E-state index contributed by atoms with van der Waals surface area (Å²) in [5.41, 5.74) is 2.64. The SMILES string of the molecule is O=C1/C(=C/c2ccc(OCc3ccccc3)c(Br)c2)SC(=S)N1c1cccc(Cl)c1. The van der Waals surface area contributed by atoms with E-state index in [-0.39, 0.29) is 5.91 Å². The third-order valence-corrected chi connectivity index (χ3v) is 6.51. The van der Waals surface area contributed by atoms with E-state index >= 15 is 0 Å². The van der Waals surface area contributed by atoms with E-state index in [1.807, 2.05) is 60.7 Å². The second kappa shape index (κ2) is 9.35. The summed E-state index contributed by atoms with van der Waals surface area (Å²) in [4.78, 5) is 15.0. The summed E-state index contributed by atoms with van der Waals surface area (Å²) in [7, 11) is 0. The zero-order chi connectivity index (χ0) is 21.1. The molecule has 0 atom stereocenters. The van der Waals surface area contributed by atoms with Gasteiger partial charge in [-0.25, -0.2) is 0 Å². The Morgan fingerprint density at radius 3 is 2.60 bits per heavy atom. The molecule has 0 saturated carbocycles. The van der Waals surface area contributed by atoms with Gasteiger partial charge >= 0.3 is 0 Å². The van der Waals surface area contributed by atoms with Crippen molar-refractivity contribution < 1.29 is 9.53 Å². The minimum Gasteiger partial charge on any atom is -0.488 e. The highest BCUT2D eigenvalue weighted by molar-refractivity contribution is 9.10. The van der Waals surface area contributed by atoms with Crippen molar-refractivity contribution in [2.75, 3.05) is 4.90 Å². The maximum absolute atomic E-state index is 12.9. The molecule has 1 fully saturated rings. The van der Waals surface area contributed by atoms with Crippen LogP contribution in [0.1, 0.15) is 11.1 Å². The molecule has 0 aromatic heterocycles. The van der Waals surface area contributed by atoms with Gasteiger partial charge in [0.05, 0.1) is 15.1 Å². The van der Waals surface area contributed by atoms with Crippen LogP contribution in [0.4, 0.5) is 5.69 Å². The number of carbonyl (C=O) groups excluding carboxylic acids is 1. The predicted molar refractivity (Wildman–Crippen MR) is 132 cm³/mol. The van der Waals surface area contributed by atoms with Crippen LogP contribution in [0.25, 0.3) is 6.08 Å². The van der Waals surface area contributed by atoms with Crippen LogP contribution in [0.15, 0.2) is 82.2 Å². The first-order valence-electron chi connectivity index (χ1n) is 9.01. The molecule has 0 bridgehead atoms. The lowest BCUT2D eigenvalue weighted by Crippen LogP contribution is -2.27. The fourth-order valence-corrected chi connectivity index (χ4v) is 4.91. The van der Waals surface area contributed by atoms with Crippen molar-refractivity contribution in [2.24, 2.45) is 0 Å². The lowest BCUT2D eigenvalue weighted by molar-refractivity contribution is -0.113. The molecule has 4 rings (SSSR count). The highest BCUT2D eigenvalue weighted by Crippen LogP contribution is 2.37. The predicted octanol–water partition coefficient (Wildman–Crippen LogP) is 7.09. The molecule has 3 aromatic rings. The van der Waals surface area contributed by atoms with E-state index in [9.17, 15) is 4.79 Å². The summed E-state index contributed by atoms with van der Waals surface area (Å²) in [6.07, 6.45) is 1.83. The van der Waals surface area contributed by atoms with Crippen LogP contribution >= 0.6 is 51.5 Å². The van der Waals surface area contributed by atoms with Gasteiger partial charge in [-0.2, -0.15) is 0 Å². The minimum atomic E-state index is -0.159. The number of halogens is 2. The molecule has 0 spiro atoms. The number of nitrogens with zero attached hydrogens (tertiary/aromatic N) is 1. The maximum atomic E-state index is 12.9. The zero-order valence-electron chi connectivity index (χ0n) is 15.5. The third kappa shape index (κ3) is 4.78. The molecule has 1 saturated heterocycles. The number of amides is 1. The number of thioether (sulfide) groups is 1. The van der Waals surface area contributed by atoms with Crippen LogP contribution in [-0.4, -0.2) is 10.2 Å². The molecule has 7 heteroatoms. The van der Waals surface area contributed by atoms with Crippen molar-refractivity contribution in [3.63, 3.8) is 0 Å². The number of ether oxygens (including phenoxy) is 1. The Morgan fingerprint density at radius 2 is 1.87 bits per heavy atom. The van der Waals surface area contributed by atoms with Gasteiger partial charge < -0.3 is 4.74 Å². The maximum Gasteiger partial charge on any atom is 0.270 e. The number of anilines is 1. The van der Waals surface area contributed by atoms with Crippen LogP contribution in [0.5, 0.6) is 5.75 Å². The van der Waals surface area contributed by atoms with E-state index in [1.165, 1.54) is 16.7 Å². The molecule has 150 valence electrons. The van der Waals surface area contributed by atoms with Gasteiger partial charge in [-0.1, -0.05) is 78.0 Å². The summed E-state index contributed by atoms with van der Waals surface area (Å²) >= 11 is 16.3. The number of carbonyl (C=O) groups is 1. The van der Waals surface area contributed by atoms with Crippen LogP contribution in [-0.2, 0) is 11.4 Å². The van der Waals surface area contributed by atoms with Gasteiger partial charge in [0, 0.05) is 5.02 Å². The molecule has 1 aliphatic heterocycles. The molecule has 30 heavy (non-hydrogen) atoms. The molecule has 3 aromatic carbocycles. The number of rotatable bonds is 5. The van der Waals surface area contributed by atoms with Crippen molar-refractivity contribution in [2.45, 2.75) is 6.61 Å². The summed E-state index contributed by atoms with van der Waals surface area (Å²) in [6.45, 7) is 0.483. The van der Waals surface area contributed by atoms with Gasteiger partial charge in [0.15, 0.2) is 4.32 Å². The van der Waals surface area contributed by atoms with Gasteiger partial charge in [0.25, 0.3) is 5.91 Å². The van der Waals surface area contributed by atoms with E-state index in [4.69, 9.17) is 28.6 Å². The Hall–Kier alpha value is -2.12. The third-order valence-electron chi connectivity index (χ3n) is 4.35. The molecule has 1 amide bonds. The normalized spacial score (nSPS) is 15.1. The molecular weight excluding hydrogens is 502 g/mol. The lowest BCUT2D eigenvalue weighted by Gasteiger charge is -2.14. The molecular formula is C23H15BrClNO2S2. The van der Waals surface area contributed by atoms with Crippen molar-refractivity contribution >= 4 is 73.5 Å². The van der Waals surface area contributed by atoms with E-state index < -0.39 is 0 Å². The van der Waals surface area contributed by atoms with Gasteiger partial charge in [0.1, 0.15) is 12.4 Å². The van der Waals surface area contributed by atoms with E-state index in [0.717, 1.165) is 21.3 Å². The van der Waals surface area contributed by atoms with Gasteiger partial charge in [-0.15, -0.1) is 0 Å². The second-order valence-electron chi connectivity index (χ2n) is 6.46. The Morgan fingerprint density at radius 1 is 1.07 bits per heavy atom. The fourth-order valence-electron chi connectivity index (χ4n) is 2.92. The monoisotopic (exact) mass is 515 g/mol. The summed E-state index contributed by atoms with van der Waals surface area (Å²) in [5, 5.41) is 0.556. The first-order valence-corrected chi connectivity index (χ1v) is 11.4. The average molecular weight is 517 g/mol. The Labute approximate surface area is 197 Å². The van der Waals surface area contributed by atoms with E-state index in [1.54, 1.807) is 18.2 Å². The molecule has 0 aliphatic carbocycles. The van der Waals surface area contributed by atoms with Crippen LogP contribution < -0.4 is 9.64 Å². The fraction of sp³-hybridized carbons (Fsp3) is 0.0435. The van der Waals surface area contributed by atoms with Crippen LogP contribution in [0, 0.1) is 0 Å². The van der Waals surface area contributed by atoms with Crippen LogP contribution in [0.3, 0.4) is 0 Å². The minimum absolute atomic E-state index is 0.159. The standard InChI is InChI=1S/C23H15BrClNO2S2/c24-19-11-16(9-10-20(19)28-14-15-5-2-1-3-6-15)12-21-22(27)26(23(29)30-21)18-8-4-7-17(25)13-18/h1-13H,14H2/b21-12-.